The number of nitrogens with zero attached hydrogens (tertiary/aromatic N) is 2. The van der Waals surface area contributed by atoms with Gasteiger partial charge in [-0.1, -0.05) is 13.8 Å². The van der Waals surface area contributed by atoms with Gasteiger partial charge in [0.1, 0.15) is 0 Å². The third kappa shape index (κ3) is 4.04. The number of likely N-dealkylation sites (tertiary alicyclic amines) is 1. The fourth-order valence-corrected chi connectivity index (χ4v) is 2.62. The zero-order valence-corrected chi connectivity index (χ0v) is 12.4. The van der Waals surface area contributed by atoms with Crippen molar-refractivity contribution in [3.05, 3.63) is 30.1 Å². The lowest BCUT2D eigenvalue weighted by molar-refractivity contribution is -0.133. The lowest BCUT2D eigenvalue weighted by Crippen LogP contribution is -2.31. The highest BCUT2D eigenvalue weighted by Crippen LogP contribution is 2.31. The van der Waals surface area contributed by atoms with Crippen LogP contribution >= 0.6 is 0 Å². The van der Waals surface area contributed by atoms with Gasteiger partial charge < -0.3 is 9.64 Å². The maximum atomic E-state index is 12.3. The van der Waals surface area contributed by atoms with Crippen LogP contribution in [0.4, 0.5) is 0 Å². The third-order valence-corrected chi connectivity index (χ3v) is 3.58. The highest BCUT2D eigenvalue weighted by Gasteiger charge is 2.29. The molecule has 1 aromatic rings. The van der Waals surface area contributed by atoms with Gasteiger partial charge in [-0.05, 0) is 36.5 Å². The van der Waals surface area contributed by atoms with Gasteiger partial charge in [-0.2, -0.15) is 0 Å². The Bertz CT molecular complexity index is 420. The van der Waals surface area contributed by atoms with E-state index in [9.17, 15) is 4.79 Å². The molecule has 4 heteroatoms. The normalized spacial score (nSPS) is 18.8. The van der Waals surface area contributed by atoms with Crippen molar-refractivity contribution < 1.29 is 9.53 Å². The zero-order chi connectivity index (χ0) is 14.4. The van der Waals surface area contributed by atoms with Crippen molar-refractivity contribution in [2.45, 2.75) is 39.2 Å². The molecule has 1 saturated heterocycles. The first-order valence-electron chi connectivity index (χ1n) is 7.45. The molecule has 0 spiro atoms. The molecule has 0 aliphatic carbocycles. The number of ether oxygens (including phenoxy) is 1. The van der Waals surface area contributed by atoms with Gasteiger partial charge in [0.15, 0.2) is 0 Å². The van der Waals surface area contributed by atoms with Gasteiger partial charge in [0, 0.05) is 25.5 Å². The van der Waals surface area contributed by atoms with E-state index in [0.29, 0.717) is 18.9 Å². The number of amides is 1. The lowest BCUT2D eigenvalue weighted by atomic mass is 10.1. The molecule has 1 amide bonds. The number of carbonyl (C=O) groups excluding carboxylic acids is 1. The molecule has 1 unspecified atom stereocenters. The van der Waals surface area contributed by atoms with Gasteiger partial charge >= 0.3 is 0 Å². The molecule has 0 radical (unpaired) electrons. The molecule has 2 heterocycles. The predicted molar refractivity (Wildman–Crippen MR) is 78.2 cm³/mol. The van der Waals surface area contributed by atoms with Crippen LogP contribution in [-0.2, 0) is 9.53 Å². The molecule has 0 bridgehead atoms. The largest absolute Gasteiger partial charge is 0.381 e. The van der Waals surface area contributed by atoms with E-state index in [4.69, 9.17) is 4.74 Å². The Morgan fingerprint density at radius 3 is 2.90 bits per heavy atom. The van der Waals surface area contributed by atoms with Crippen molar-refractivity contribution in [2.24, 2.45) is 5.92 Å². The number of aromatic nitrogens is 1. The van der Waals surface area contributed by atoms with Crippen LogP contribution in [0.5, 0.6) is 0 Å². The predicted octanol–water partition coefficient (Wildman–Crippen LogP) is 2.81. The minimum Gasteiger partial charge on any atom is -0.381 e. The number of carbonyl (C=O) groups is 1. The summed E-state index contributed by atoms with van der Waals surface area (Å²) in [6.07, 6.45) is 6.19. The van der Waals surface area contributed by atoms with E-state index in [-0.39, 0.29) is 11.9 Å². The van der Waals surface area contributed by atoms with E-state index in [2.05, 4.69) is 18.8 Å². The van der Waals surface area contributed by atoms with Crippen LogP contribution in [-0.4, -0.2) is 35.5 Å². The van der Waals surface area contributed by atoms with Gasteiger partial charge in [-0.3, -0.25) is 9.78 Å². The molecule has 4 nitrogen and oxygen atoms in total. The highest BCUT2D eigenvalue weighted by molar-refractivity contribution is 5.77. The van der Waals surface area contributed by atoms with Crippen molar-refractivity contribution in [3.8, 4) is 0 Å². The first-order chi connectivity index (χ1) is 9.68. The van der Waals surface area contributed by atoms with Gasteiger partial charge in [-0.15, -0.1) is 0 Å². The van der Waals surface area contributed by atoms with Crippen LogP contribution in [0.1, 0.15) is 44.7 Å². The van der Waals surface area contributed by atoms with E-state index >= 15 is 0 Å². The van der Waals surface area contributed by atoms with E-state index in [1.807, 2.05) is 17.0 Å². The minimum absolute atomic E-state index is 0.202. The lowest BCUT2D eigenvalue weighted by Gasteiger charge is -2.25. The zero-order valence-electron chi connectivity index (χ0n) is 12.4. The first kappa shape index (κ1) is 15.0. The summed E-state index contributed by atoms with van der Waals surface area (Å²) in [4.78, 5) is 18.3. The maximum absolute atomic E-state index is 12.3. The van der Waals surface area contributed by atoms with Gasteiger partial charge in [-0.25, -0.2) is 0 Å². The monoisotopic (exact) mass is 276 g/mol. The van der Waals surface area contributed by atoms with Crippen LogP contribution in [0.15, 0.2) is 24.5 Å². The summed E-state index contributed by atoms with van der Waals surface area (Å²) in [6, 6.07) is 4.23. The van der Waals surface area contributed by atoms with Crippen LogP contribution < -0.4 is 0 Å². The maximum Gasteiger partial charge on any atom is 0.225 e. The Hall–Kier alpha value is -1.42. The molecule has 2 rings (SSSR count). The summed E-state index contributed by atoms with van der Waals surface area (Å²) in [6.45, 7) is 6.33. The third-order valence-electron chi connectivity index (χ3n) is 3.58. The molecule has 0 aromatic carbocycles. The fourth-order valence-electron chi connectivity index (χ4n) is 2.62. The van der Waals surface area contributed by atoms with Crippen molar-refractivity contribution in [3.63, 3.8) is 0 Å². The van der Waals surface area contributed by atoms with Gasteiger partial charge in [0.25, 0.3) is 0 Å². The van der Waals surface area contributed by atoms with Crippen LogP contribution in [0.2, 0.25) is 0 Å². The molecule has 0 saturated carbocycles. The Kier molecular flexibility index (Phi) is 5.53. The number of rotatable bonds is 6. The summed E-state index contributed by atoms with van der Waals surface area (Å²) in [7, 11) is 0. The van der Waals surface area contributed by atoms with Crippen molar-refractivity contribution in [2.75, 3.05) is 19.8 Å². The summed E-state index contributed by atoms with van der Waals surface area (Å²) in [5, 5.41) is 0. The average Bonchev–Trinajstić information content (AvgIpc) is 2.93. The SMILES string of the molecule is CC(C)COCCC(=O)N1CCCC1c1ccncc1. The average molecular weight is 276 g/mol. The summed E-state index contributed by atoms with van der Waals surface area (Å²) in [5.41, 5.74) is 1.19. The standard InChI is InChI=1S/C16H24N2O2/c1-13(2)12-20-11-7-16(19)18-10-3-4-15(18)14-5-8-17-9-6-14/h5-6,8-9,13,15H,3-4,7,10-12H2,1-2H3. The van der Waals surface area contributed by atoms with Crippen LogP contribution in [0.3, 0.4) is 0 Å². The van der Waals surface area contributed by atoms with Crippen LogP contribution in [0, 0.1) is 5.92 Å². The second kappa shape index (κ2) is 7.39. The van der Waals surface area contributed by atoms with E-state index < -0.39 is 0 Å². The second-order valence-corrected chi connectivity index (χ2v) is 5.74. The number of pyridine rings is 1. The van der Waals surface area contributed by atoms with Crippen molar-refractivity contribution >= 4 is 5.91 Å². The smallest absolute Gasteiger partial charge is 0.225 e. The first-order valence-corrected chi connectivity index (χ1v) is 7.45. The molecule has 1 fully saturated rings. The molecular weight excluding hydrogens is 252 g/mol. The van der Waals surface area contributed by atoms with E-state index in [1.165, 1.54) is 5.56 Å². The van der Waals surface area contributed by atoms with Crippen molar-refractivity contribution in [1.82, 2.24) is 9.88 Å². The summed E-state index contributed by atoms with van der Waals surface area (Å²) in [5.74, 6) is 0.717. The molecule has 110 valence electrons. The molecule has 1 aliphatic heterocycles. The van der Waals surface area contributed by atoms with Crippen molar-refractivity contribution in [1.29, 1.82) is 0 Å². The number of hydrogen-bond acceptors (Lipinski definition) is 3. The quantitative estimate of drug-likeness (QED) is 0.750. The van der Waals surface area contributed by atoms with E-state index in [0.717, 1.165) is 26.0 Å². The molecule has 1 atom stereocenters. The fraction of sp³-hybridized carbons (Fsp3) is 0.625. The highest BCUT2D eigenvalue weighted by atomic mass is 16.5. The minimum atomic E-state index is 0.202. The second-order valence-electron chi connectivity index (χ2n) is 5.74. The van der Waals surface area contributed by atoms with Gasteiger partial charge in [0.2, 0.25) is 5.91 Å². The Labute approximate surface area is 121 Å². The molecular formula is C16H24N2O2. The summed E-state index contributed by atoms with van der Waals surface area (Å²) < 4.78 is 5.51. The van der Waals surface area contributed by atoms with Crippen LogP contribution in [0.25, 0.3) is 0 Å². The number of hydrogen-bond donors (Lipinski definition) is 0. The van der Waals surface area contributed by atoms with Gasteiger partial charge in [0.05, 0.1) is 19.1 Å². The Morgan fingerprint density at radius 1 is 1.45 bits per heavy atom. The Morgan fingerprint density at radius 2 is 2.20 bits per heavy atom. The topological polar surface area (TPSA) is 42.4 Å². The molecule has 20 heavy (non-hydrogen) atoms. The van der Waals surface area contributed by atoms with E-state index in [1.54, 1.807) is 12.4 Å². The molecule has 1 aromatic heterocycles. The molecule has 0 N–H and O–H groups in total. The molecule has 1 aliphatic rings. The Balaban J connectivity index is 1.86. The summed E-state index contributed by atoms with van der Waals surface area (Å²) >= 11 is 0.